The first-order valence-electron chi connectivity index (χ1n) is 8.29. The molecule has 2 aliphatic heterocycles. The van der Waals surface area contributed by atoms with Crippen LogP contribution in [0.1, 0.15) is 18.5 Å². The summed E-state index contributed by atoms with van der Waals surface area (Å²) in [4.78, 5) is 12.5. The van der Waals surface area contributed by atoms with Gasteiger partial charge in [0.15, 0.2) is 23.0 Å². The van der Waals surface area contributed by atoms with Crippen molar-refractivity contribution >= 4 is 5.91 Å². The molecule has 6 nitrogen and oxygen atoms in total. The Hall–Kier alpha value is -2.89. The van der Waals surface area contributed by atoms with E-state index in [1.807, 2.05) is 43.3 Å². The molecule has 0 saturated carbocycles. The van der Waals surface area contributed by atoms with E-state index >= 15 is 0 Å². The van der Waals surface area contributed by atoms with E-state index in [9.17, 15) is 4.79 Å². The van der Waals surface area contributed by atoms with E-state index in [0.717, 1.165) is 11.3 Å². The Balaban J connectivity index is 1.42. The number of benzene rings is 2. The maximum Gasteiger partial charge on any atom is 0.265 e. The van der Waals surface area contributed by atoms with Crippen molar-refractivity contribution in [3.63, 3.8) is 0 Å². The summed E-state index contributed by atoms with van der Waals surface area (Å²) >= 11 is 0. The van der Waals surface area contributed by atoms with Crippen molar-refractivity contribution in [1.29, 1.82) is 0 Å². The molecule has 6 heteroatoms. The fourth-order valence-corrected chi connectivity index (χ4v) is 2.87. The summed E-state index contributed by atoms with van der Waals surface area (Å²) in [6.45, 7) is 3.20. The molecule has 0 saturated heterocycles. The number of nitrogens with one attached hydrogen (secondary N) is 1. The molecular weight excluding hydrogens is 322 g/mol. The van der Waals surface area contributed by atoms with E-state index in [2.05, 4.69) is 5.32 Å². The van der Waals surface area contributed by atoms with Gasteiger partial charge in [-0.15, -0.1) is 0 Å². The molecule has 0 aromatic heterocycles. The van der Waals surface area contributed by atoms with E-state index in [1.54, 1.807) is 6.07 Å². The zero-order valence-corrected chi connectivity index (χ0v) is 13.9. The van der Waals surface area contributed by atoms with Crippen molar-refractivity contribution in [3.05, 3.63) is 48.0 Å². The smallest absolute Gasteiger partial charge is 0.265 e. The van der Waals surface area contributed by atoms with E-state index in [1.165, 1.54) is 0 Å². The van der Waals surface area contributed by atoms with Gasteiger partial charge in [-0.2, -0.15) is 0 Å². The first-order chi connectivity index (χ1) is 12.2. The predicted molar refractivity (Wildman–Crippen MR) is 90.3 cm³/mol. The van der Waals surface area contributed by atoms with Crippen LogP contribution in [0, 0.1) is 0 Å². The normalized spacial score (nSPS) is 19.0. The highest BCUT2D eigenvalue weighted by molar-refractivity contribution is 5.82. The molecule has 2 aromatic carbocycles. The molecule has 0 radical (unpaired) electrons. The average Bonchev–Trinajstić information content (AvgIpc) is 2.67. The molecule has 0 unspecified atom stereocenters. The number of amides is 1. The lowest BCUT2D eigenvalue weighted by molar-refractivity contribution is -0.131. The Morgan fingerprint density at radius 3 is 2.56 bits per heavy atom. The molecule has 4 rings (SSSR count). The molecule has 2 heterocycles. The number of rotatable bonds is 3. The Morgan fingerprint density at radius 1 is 1.00 bits per heavy atom. The number of para-hydroxylation sites is 2. The second kappa shape index (κ2) is 6.55. The van der Waals surface area contributed by atoms with E-state index in [-0.39, 0.29) is 18.6 Å². The minimum Gasteiger partial charge on any atom is -0.486 e. The molecule has 25 heavy (non-hydrogen) atoms. The van der Waals surface area contributed by atoms with Crippen molar-refractivity contribution in [2.24, 2.45) is 0 Å². The minimum atomic E-state index is -0.672. The van der Waals surface area contributed by atoms with Crippen molar-refractivity contribution in [1.82, 2.24) is 5.32 Å². The van der Waals surface area contributed by atoms with Crippen LogP contribution in [0.2, 0.25) is 0 Å². The fraction of sp³-hybridized carbons (Fsp3) is 0.316. The number of hydrogen-bond donors (Lipinski definition) is 1. The third kappa shape index (κ3) is 3.20. The predicted octanol–water partition coefficient (Wildman–Crippen LogP) is 2.47. The molecule has 1 amide bonds. The molecule has 130 valence electrons. The summed E-state index contributed by atoms with van der Waals surface area (Å²) in [5.74, 6) is 2.47. The number of ether oxygens (including phenoxy) is 4. The second-order valence-corrected chi connectivity index (χ2v) is 6.00. The van der Waals surface area contributed by atoms with Gasteiger partial charge in [-0.1, -0.05) is 18.2 Å². The molecule has 2 atom stereocenters. The van der Waals surface area contributed by atoms with Crippen LogP contribution < -0.4 is 24.3 Å². The summed E-state index contributed by atoms with van der Waals surface area (Å²) < 4.78 is 22.4. The second-order valence-electron chi connectivity index (χ2n) is 6.00. The first-order valence-corrected chi connectivity index (χ1v) is 8.29. The topological polar surface area (TPSA) is 66.0 Å². The van der Waals surface area contributed by atoms with Crippen LogP contribution in [-0.4, -0.2) is 31.8 Å². The van der Waals surface area contributed by atoms with Gasteiger partial charge in [0.1, 0.15) is 19.8 Å². The lowest BCUT2D eigenvalue weighted by atomic mass is 10.1. The molecule has 2 aromatic rings. The maximum absolute atomic E-state index is 12.5. The van der Waals surface area contributed by atoms with Crippen LogP contribution in [0.25, 0.3) is 0 Å². The van der Waals surface area contributed by atoms with Gasteiger partial charge in [0.2, 0.25) is 6.10 Å². The Morgan fingerprint density at radius 2 is 1.72 bits per heavy atom. The summed E-state index contributed by atoms with van der Waals surface area (Å²) in [6.07, 6.45) is -0.672. The summed E-state index contributed by atoms with van der Waals surface area (Å²) in [7, 11) is 0. The van der Waals surface area contributed by atoms with Crippen molar-refractivity contribution in [3.8, 4) is 23.0 Å². The van der Waals surface area contributed by atoms with Gasteiger partial charge in [-0.3, -0.25) is 4.79 Å². The number of carbonyl (C=O) groups excluding carboxylic acids is 1. The number of fused-ring (bicyclic) bond motifs is 2. The zero-order valence-electron chi connectivity index (χ0n) is 13.9. The summed E-state index contributed by atoms with van der Waals surface area (Å²) in [5, 5.41) is 2.96. The van der Waals surface area contributed by atoms with Gasteiger partial charge in [-0.25, -0.2) is 0 Å². The van der Waals surface area contributed by atoms with Gasteiger partial charge in [0.25, 0.3) is 5.91 Å². The van der Waals surface area contributed by atoms with Crippen molar-refractivity contribution < 1.29 is 23.7 Å². The summed E-state index contributed by atoms with van der Waals surface area (Å²) in [5.41, 5.74) is 0.940. The molecular formula is C19H19NO5. The lowest BCUT2D eigenvalue weighted by Crippen LogP contribution is -2.44. The van der Waals surface area contributed by atoms with Crippen LogP contribution in [0.5, 0.6) is 23.0 Å². The fourth-order valence-electron chi connectivity index (χ4n) is 2.87. The lowest BCUT2D eigenvalue weighted by Gasteiger charge is -2.27. The van der Waals surface area contributed by atoms with Gasteiger partial charge in [-0.05, 0) is 36.8 Å². The molecule has 2 aliphatic rings. The number of hydrogen-bond acceptors (Lipinski definition) is 5. The van der Waals surface area contributed by atoms with Gasteiger partial charge in [0, 0.05) is 0 Å². The van der Waals surface area contributed by atoms with Crippen LogP contribution in [0.4, 0.5) is 0 Å². The first kappa shape index (κ1) is 15.6. The van der Waals surface area contributed by atoms with E-state index in [0.29, 0.717) is 30.5 Å². The quantitative estimate of drug-likeness (QED) is 0.929. The maximum atomic E-state index is 12.5. The van der Waals surface area contributed by atoms with E-state index < -0.39 is 6.10 Å². The highest BCUT2D eigenvalue weighted by Gasteiger charge is 2.28. The standard InChI is InChI=1S/C19H19NO5/c1-12(13-6-7-15-17(10-13)23-9-8-22-15)20-19(21)18-11-24-14-4-2-3-5-16(14)25-18/h2-7,10,12,18H,8-9,11H2,1H3,(H,20,21)/t12-,18-/m1/s1. The Labute approximate surface area is 145 Å². The molecule has 0 bridgehead atoms. The molecule has 1 N–H and O–H groups in total. The minimum absolute atomic E-state index is 0.191. The van der Waals surface area contributed by atoms with Crippen LogP contribution in [-0.2, 0) is 4.79 Å². The monoisotopic (exact) mass is 341 g/mol. The zero-order chi connectivity index (χ0) is 17.2. The van der Waals surface area contributed by atoms with Crippen LogP contribution in [0.15, 0.2) is 42.5 Å². The molecule has 0 spiro atoms. The van der Waals surface area contributed by atoms with Crippen molar-refractivity contribution in [2.75, 3.05) is 19.8 Å². The number of carbonyl (C=O) groups is 1. The highest BCUT2D eigenvalue weighted by Crippen LogP contribution is 2.33. The molecule has 0 fully saturated rings. The van der Waals surface area contributed by atoms with Gasteiger partial charge < -0.3 is 24.3 Å². The third-order valence-electron chi connectivity index (χ3n) is 4.23. The van der Waals surface area contributed by atoms with Gasteiger partial charge in [0.05, 0.1) is 6.04 Å². The Kier molecular flexibility index (Phi) is 4.09. The average molecular weight is 341 g/mol. The van der Waals surface area contributed by atoms with Crippen LogP contribution in [0.3, 0.4) is 0 Å². The largest absolute Gasteiger partial charge is 0.486 e. The highest BCUT2D eigenvalue weighted by atomic mass is 16.6. The van der Waals surface area contributed by atoms with Gasteiger partial charge >= 0.3 is 0 Å². The SMILES string of the molecule is C[C@@H](NC(=O)[C@H]1COc2ccccc2O1)c1ccc2c(c1)OCCO2. The Bertz CT molecular complexity index is 791. The van der Waals surface area contributed by atoms with Crippen LogP contribution >= 0.6 is 0 Å². The summed E-state index contributed by atoms with van der Waals surface area (Å²) in [6, 6.07) is 12.8. The van der Waals surface area contributed by atoms with E-state index in [4.69, 9.17) is 18.9 Å². The van der Waals surface area contributed by atoms with Crippen molar-refractivity contribution in [2.45, 2.75) is 19.1 Å². The third-order valence-corrected chi connectivity index (χ3v) is 4.23. The molecule has 0 aliphatic carbocycles.